The lowest BCUT2D eigenvalue weighted by atomic mass is 9.93. The number of halogens is 1. The van der Waals surface area contributed by atoms with Crippen molar-refractivity contribution >= 4 is 46.2 Å². The van der Waals surface area contributed by atoms with Crippen molar-refractivity contribution in [3.8, 4) is 17.2 Å². The number of benzene rings is 4. The monoisotopic (exact) mass is 574 g/mol. The van der Waals surface area contributed by atoms with E-state index >= 15 is 0 Å². The van der Waals surface area contributed by atoms with E-state index in [-0.39, 0.29) is 6.04 Å². The molecule has 42 heavy (non-hydrogen) atoms. The van der Waals surface area contributed by atoms with Gasteiger partial charge in [-0.25, -0.2) is 14.7 Å². The highest BCUT2D eigenvalue weighted by Gasteiger charge is 2.41. The highest BCUT2D eigenvalue weighted by atomic mass is 35.5. The number of ether oxygens (including phenoxy) is 2. The second kappa shape index (κ2) is 10.4. The number of hydrogen-bond donors (Lipinski definition) is 1. The van der Waals surface area contributed by atoms with Crippen LogP contribution in [0.1, 0.15) is 22.9 Å². The van der Waals surface area contributed by atoms with Crippen molar-refractivity contribution in [3.05, 3.63) is 119 Å². The lowest BCUT2D eigenvalue weighted by Gasteiger charge is -2.40. The fourth-order valence-electron chi connectivity index (χ4n) is 5.55. The van der Waals surface area contributed by atoms with Gasteiger partial charge < -0.3 is 19.7 Å². The third-order valence-corrected chi connectivity index (χ3v) is 7.74. The van der Waals surface area contributed by atoms with Gasteiger partial charge >= 0.3 is 0 Å². The zero-order chi connectivity index (χ0) is 28.8. The molecule has 2 aliphatic rings. The molecule has 3 heterocycles. The molecule has 0 saturated carbocycles. The molecule has 0 bridgehead atoms. The van der Waals surface area contributed by atoms with Crippen LogP contribution in [0.4, 0.5) is 22.9 Å². The SMILES string of the molecule is COc1ccc(OC)c(NC2=Nc3ccccc3N3C2=Nc2c(c(C)nn2-c2ccccc2)[C@H]3c2ccc(Cl)cc2)c1. The first kappa shape index (κ1) is 25.9. The van der Waals surface area contributed by atoms with Gasteiger partial charge in [-0.05, 0) is 61.0 Å². The third kappa shape index (κ3) is 4.28. The van der Waals surface area contributed by atoms with Crippen molar-refractivity contribution in [1.82, 2.24) is 9.78 Å². The molecule has 5 aromatic rings. The number of aromatic nitrogens is 2. The maximum atomic E-state index is 6.35. The minimum Gasteiger partial charge on any atom is -0.497 e. The molecule has 0 amide bonds. The first-order valence-electron chi connectivity index (χ1n) is 13.5. The minimum absolute atomic E-state index is 0.247. The molecule has 0 unspecified atom stereocenters. The molecule has 0 radical (unpaired) electrons. The van der Waals surface area contributed by atoms with Crippen LogP contribution in [0.15, 0.2) is 107 Å². The summed E-state index contributed by atoms with van der Waals surface area (Å²) in [5.74, 6) is 3.32. The van der Waals surface area contributed by atoms with Gasteiger partial charge in [0.2, 0.25) is 0 Å². The van der Waals surface area contributed by atoms with E-state index in [2.05, 4.69) is 28.4 Å². The summed E-state index contributed by atoms with van der Waals surface area (Å²) in [5, 5.41) is 9.18. The second-order valence-electron chi connectivity index (χ2n) is 9.97. The van der Waals surface area contributed by atoms with E-state index in [1.54, 1.807) is 14.2 Å². The molecule has 0 spiro atoms. The number of para-hydroxylation sites is 3. The normalized spacial score (nSPS) is 15.1. The summed E-state index contributed by atoms with van der Waals surface area (Å²) in [5.41, 5.74) is 6.35. The van der Waals surface area contributed by atoms with Crippen LogP contribution in [0.2, 0.25) is 5.02 Å². The van der Waals surface area contributed by atoms with Crippen LogP contribution in [0.5, 0.6) is 11.5 Å². The largest absolute Gasteiger partial charge is 0.497 e. The quantitative estimate of drug-likeness (QED) is 0.233. The number of methoxy groups -OCH3 is 2. The summed E-state index contributed by atoms with van der Waals surface area (Å²) in [6.07, 6.45) is 0. The average Bonchev–Trinajstić information content (AvgIpc) is 3.36. The zero-order valence-corrected chi connectivity index (χ0v) is 24.0. The number of hydrogen-bond acceptors (Lipinski definition) is 7. The Kier molecular flexibility index (Phi) is 6.40. The highest BCUT2D eigenvalue weighted by Crippen LogP contribution is 2.48. The zero-order valence-electron chi connectivity index (χ0n) is 23.2. The number of anilines is 2. The Labute approximate surface area is 248 Å². The number of nitrogens with one attached hydrogen (secondary N) is 1. The van der Waals surface area contributed by atoms with Crippen LogP contribution in [-0.4, -0.2) is 35.7 Å². The van der Waals surface area contributed by atoms with Gasteiger partial charge in [-0.3, -0.25) is 0 Å². The van der Waals surface area contributed by atoms with Gasteiger partial charge in [0.05, 0.1) is 48.7 Å². The van der Waals surface area contributed by atoms with E-state index in [1.807, 2.05) is 90.5 Å². The topological polar surface area (TPSA) is 76.3 Å². The Morgan fingerprint density at radius 1 is 0.833 bits per heavy atom. The van der Waals surface area contributed by atoms with Gasteiger partial charge in [0.1, 0.15) is 11.5 Å². The third-order valence-electron chi connectivity index (χ3n) is 7.48. The van der Waals surface area contributed by atoms with Gasteiger partial charge in [0.25, 0.3) is 0 Å². The molecule has 1 N–H and O–H groups in total. The Morgan fingerprint density at radius 3 is 2.36 bits per heavy atom. The standard InChI is InChI=1S/C33H27ClN6O2/c1-20-29-30(21-13-15-22(34)16-14-21)39-27-12-8-7-11-25(27)35-31(36-26-19-24(41-2)17-18-28(26)42-3)33(39)37-32(29)40(38-20)23-9-5-4-6-10-23/h4-19,30H,1-3H3,(H,35,36)/t30-/m1/s1. The van der Waals surface area contributed by atoms with Crippen LogP contribution in [-0.2, 0) is 0 Å². The number of amidine groups is 2. The van der Waals surface area contributed by atoms with E-state index in [0.717, 1.165) is 39.7 Å². The minimum atomic E-state index is -0.247. The van der Waals surface area contributed by atoms with Crippen molar-refractivity contribution in [2.75, 3.05) is 24.4 Å². The lowest BCUT2D eigenvalue weighted by molar-refractivity contribution is 0.405. The van der Waals surface area contributed by atoms with Crippen molar-refractivity contribution in [3.63, 3.8) is 0 Å². The maximum absolute atomic E-state index is 6.35. The fraction of sp³-hybridized carbons (Fsp3) is 0.121. The van der Waals surface area contributed by atoms with Crippen LogP contribution in [0.25, 0.3) is 5.69 Å². The maximum Gasteiger partial charge on any atom is 0.179 e. The second-order valence-corrected chi connectivity index (χ2v) is 10.4. The first-order valence-corrected chi connectivity index (χ1v) is 13.9. The average molecular weight is 575 g/mol. The molecule has 0 fully saturated rings. The Balaban J connectivity index is 1.49. The summed E-state index contributed by atoms with van der Waals surface area (Å²) in [6, 6.07) is 31.4. The van der Waals surface area contributed by atoms with Crippen LogP contribution < -0.4 is 19.7 Å². The van der Waals surface area contributed by atoms with Crippen LogP contribution in [0.3, 0.4) is 0 Å². The van der Waals surface area contributed by atoms with Gasteiger partial charge in [-0.15, -0.1) is 0 Å². The van der Waals surface area contributed by atoms with Crippen molar-refractivity contribution in [2.24, 2.45) is 9.98 Å². The van der Waals surface area contributed by atoms with E-state index in [1.165, 1.54) is 0 Å². The van der Waals surface area contributed by atoms with E-state index in [0.29, 0.717) is 33.9 Å². The molecule has 0 saturated heterocycles. The first-order chi connectivity index (χ1) is 20.6. The Morgan fingerprint density at radius 2 is 1.60 bits per heavy atom. The van der Waals surface area contributed by atoms with Gasteiger partial charge in [-0.1, -0.05) is 54.1 Å². The predicted molar refractivity (Wildman–Crippen MR) is 168 cm³/mol. The molecular formula is C33H27ClN6O2. The molecule has 9 heteroatoms. The molecule has 7 rings (SSSR count). The highest BCUT2D eigenvalue weighted by molar-refractivity contribution is 6.51. The van der Waals surface area contributed by atoms with Gasteiger partial charge in [0, 0.05) is 16.7 Å². The van der Waals surface area contributed by atoms with Crippen LogP contribution >= 0.6 is 11.6 Å². The molecule has 4 aromatic carbocycles. The molecule has 2 aliphatic heterocycles. The van der Waals surface area contributed by atoms with E-state index in [4.69, 9.17) is 36.2 Å². The molecule has 208 valence electrons. The summed E-state index contributed by atoms with van der Waals surface area (Å²) >= 11 is 6.35. The molecule has 8 nitrogen and oxygen atoms in total. The Hall–Kier alpha value is -5.08. The smallest absolute Gasteiger partial charge is 0.179 e. The number of aryl methyl sites for hydroxylation is 1. The molecule has 1 atom stereocenters. The van der Waals surface area contributed by atoms with Gasteiger partial charge in [0.15, 0.2) is 17.5 Å². The fourth-order valence-corrected chi connectivity index (χ4v) is 5.67. The van der Waals surface area contributed by atoms with Crippen molar-refractivity contribution in [1.29, 1.82) is 0 Å². The number of rotatable bonds is 5. The number of nitrogens with zero attached hydrogens (tertiary/aromatic N) is 5. The Bertz CT molecular complexity index is 1860. The van der Waals surface area contributed by atoms with E-state index in [9.17, 15) is 0 Å². The summed E-state index contributed by atoms with van der Waals surface area (Å²) in [4.78, 5) is 12.6. The molecular weight excluding hydrogens is 548 g/mol. The molecule has 0 aliphatic carbocycles. The van der Waals surface area contributed by atoms with Crippen LogP contribution in [0, 0.1) is 6.92 Å². The van der Waals surface area contributed by atoms with Crippen molar-refractivity contribution in [2.45, 2.75) is 13.0 Å². The predicted octanol–water partition coefficient (Wildman–Crippen LogP) is 7.65. The van der Waals surface area contributed by atoms with Gasteiger partial charge in [-0.2, -0.15) is 5.10 Å². The molecule has 1 aromatic heterocycles. The number of aliphatic imine (C=N–C) groups is 2. The number of fused-ring (bicyclic) bond motifs is 4. The lowest BCUT2D eigenvalue weighted by Crippen LogP contribution is -2.46. The van der Waals surface area contributed by atoms with Crippen molar-refractivity contribution < 1.29 is 9.47 Å². The van der Waals surface area contributed by atoms with E-state index < -0.39 is 0 Å². The summed E-state index contributed by atoms with van der Waals surface area (Å²) in [6.45, 7) is 2.03. The summed E-state index contributed by atoms with van der Waals surface area (Å²) in [7, 11) is 3.28. The summed E-state index contributed by atoms with van der Waals surface area (Å²) < 4.78 is 13.1.